The Morgan fingerprint density at radius 3 is 2.75 bits per heavy atom. The van der Waals surface area contributed by atoms with Crippen molar-refractivity contribution in [3.8, 4) is 11.3 Å². The van der Waals surface area contributed by atoms with Crippen LogP contribution in [0.2, 0.25) is 5.15 Å². The molecule has 0 radical (unpaired) electrons. The first-order chi connectivity index (χ1) is 9.68. The molecule has 0 N–H and O–H groups in total. The van der Waals surface area contributed by atoms with Gasteiger partial charge in [0.15, 0.2) is 5.69 Å². The van der Waals surface area contributed by atoms with Crippen molar-refractivity contribution in [2.75, 3.05) is 0 Å². The average molecular weight is 287 g/mol. The molecule has 0 aliphatic carbocycles. The van der Waals surface area contributed by atoms with Gasteiger partial charge in [0.25, 0.3) is 0 Å². The smallest absolute Gasteiger partial charge is 0.263 e. The van der Waals surface area contributed by atoms with Crippen molar-refractivity contribution in [2.45, 2.75) is 0 Å². The molecule has 0 aliphatic rings. The second-order valence-electron chi connectivity index (χ2n) is 4.03. The highest BCUT2D eigenvalue weighted by Crippen LogP contribution is 2.35. The van der Waals surface area contributed by atoms with E-state index in [1.807, 2.05) is 24.3 Å². The standard InChI is InChI=1S/C13H7ClN4O2/c14-13-12(18(19)20)11(16-7-17-13)10-6-15-5-8-3-1-2-4-9(8)10/h1-7H. The molecule has 6 nitrogen and oxygen atoms in total. The van der Waals surface area contributed by atoms with E-state index in [-0.39, 0.29) is 16.5 Å². The predicted octanol–water partition coefficient (Wildman–Crippen LogP) is 3.25. The van der Waals surface area contributed by atoms with Gasteiger partial charge in [0.05, 0.1) is 4.92 Å². The van der Waals surface area contributed by atoms with E-state index in [4.69, 9.17) is 11.6 Å². The van der Waals surface area contributed by atoms with Crippen LogP contribution in [0.5, 0.6) is 0 Å². The molecule has 0 saturated carbocycles. The summed E-state index contributed by atoms with van der Waals surface area (Å²) < 4.78 is 0. The molecule has 98 valence electrons. The van der Waals surface area contributed by atoms with E-state index < -0.39 is 4.92 Å². The molecule has 3 aromatic rings. The van der Waals surface area contributed by atoms with E-state index in [2.05, 4.69) is 15.0 Å². The first kappa shape index (κ1) is 12.4. The van der Waals surface area contributed by atoms with E-state index in [0.717, 1.165) is 10.8 Å². The first-order valence-electron chi connectivity index (χ1n) is 5.66. The van der Waals surface area contributed by atoms with Crippen LogP contribution in [-0.2, 0) is 0 Å². The Bertz CT molecular complexity index is 817. The summed E-state index contributed by atoms with van der Waals surface area (Å²) in [5.74, 6) is 0. The molecule has 2 heterocycles. The fourth-order valence-corrected chi connectivity index (χ4v) is 2.22. The van der Waals surface area contributed by atoms with Gasteiger partial charge in [0.2, 0.25) is 5.15 Å². The molecule has 0 atom stereocenters. The van der Waals surface area contributed by atoms with Crippen LogP contribution < -0.4 is 0 Å². The Labute approximate surface area is 118 Å². The minimum atomic E-state index is -0.584. The van der Waals surface area contributed by atoms with Crippen LogP contribution in [0.1, 0.15) is 0 Å². The Balaban J connectivity index is 2.37. The lowest BCUT2D eigenvalue weighted by atomic mass is 10.0. The molecule has 7 heteroatoms. The number of pyridine rings is 1. The lowest BCUT2D eigenvalue weighted by Gasteiger charge is -2.06. The lowest BCUT2D eigenvalue weighted by Crippen LogP contribution is -1.98. The molecular formula is C13H7ClN4O2. The van der Waals surface area contributed by atoms with Crippen LogP contribution in [-0.4, -0.2) is 19.9 Å². The largest absolute Gasteiger partial charge is 0.332 e. The van der Waals surface area contributed by atoms with E-state index >= 15 is 0 Å². The number of fused-ring (bicyclic) bond motifs is 1. The van der Waals surface area contributed by atoms with Crippen molar-refractivity contribution in [3.63, 3.8) is 0 Å². The summed E-state index contributed by atoms with van der Waals surface area (Å²) in [7, 11) is 0. The fourth-order valence-electron chi connectivity index (χ4n) is 2.02. The second-order valence-corrected chi connectivity index (χ2v) is 4.39. The highest BCUT2D eigenvalue weighted by atomic mass is 35.5. The molecule has 0 unspecified atom stereocenters. The van der Waals surface area contributed by atoms with Gasteiger partial charge in [-0.15, -0.1) is 0 Å². The molecule has 20 heavy (non-hydrogen) atoms. The second kappa shape index (κ2) is 4.82. The van der Waals surface area contributed by atoms with Crippen LogP contribution in [0.4, 0.5) is 5.69 Å². The van der Waals surface area contributed by atoms with E-state index in [9.17, 15) is 10.1 Å². The molecule has 2 aromatic heterocycles. The maximum atomic E-state index is 11.2. The minimum Gasteiger partial charge on any atom is -0.263 e. The van der Waals surface area contributed by atoms with Crippen LogP contribution in [0.15, 0.2) is 43.0 Å². The SMILES string of the molecule is O=[N+]([O-])c1c(Cl)ncnc1-c1cncc2ccccc12. The van der Waals surface area contributed by atoms with Gasteiger partial charge < -0.3 is 0 Å². The summed E-state index contributed by atoms with van der Waals surface area (Å²) in [6.45, 7) is 0. The number of nitro groups is 1. The lowest BCUT2D eigenvalue weighted by molar-refractivity contribution is -0.384. The van der Waals surface area contributed by atoms with E-state index in [0.29, 0.717) is 5.56 Å². The minimum absolute atomic E-state index is 0.166. The third-order valence-electron chi connectivity index (χ3n) is 2.88. The number of halogens is 1. The summed E-state index contributed by atoms with van der Waals surface area (Å²) in [5, 5.41) is 12.7. The molecule has 0 amide bonds. The highest BCUT2D eigenvalue weighted by Gasteiger charge is 2.23. The van der Waals surface area contributed by atoms with Crippen molar-refractivity contribution in [1.82, 2.24) is 15.0 Å². The van der Waals surface area contributed by atoms with Gasteiger partial charge in [-0.05, 0) is 5.39 Å². The molecule has 0 saturated heterocycles. The molecule has 0 spiro atoms. The van der Waals surface area contributed by atoms with Crippen LogP contribution in [0.3, 0.4) is 0 Å². The molecule has 1 aromatic carbocycles. The summed E-state index contributed by atoms with van der Waals surface area (Å²) >= 11 is 5.81. The van der Waals surface area contributed by atoms with Gasteiger partial charge in [0.1, 0.15) is 6.33 Å². The third-order valence-corrected chi connectivity index (χ3v) is 3.16. The zero-order valence-corrected chi connectivity index (χ0v) is 10.8. The van der Waals surface area contributed by atoms with Gasteiger partial charge in [-0.3, -0.25) is 15.1 Å². The van der Waals surface area contributed by atoms with Crippen molar-refractivity contribution >= 4 is 28.1 Å². The van der Waals surface area contributed by atoms with Crippen LogP contribution >= 0.6 is 11.6 Å². The van der Waals surface area contributed by atoms with Crippen molar-refractivity contribution in [3.05, 3.63) is 58.3 Å². The quantitative estimate of drug-likeness (QED) is 0.410. The van der Waals surface area contributed by atoms with Gasteiger partial charge in [-0.1, -0.05) is 35.9 Å². The normalized spacial score (nSPS) is 10.7. The summed E-state index contributed by atoms with van der Waals surface area (Å²) in [6.07, 6.45) is 4.42. The Hall–Kier alpha value is -2.60. The Morgan fingerprint density at radius 1 is 1.15 bits per heavy atom. The van der Waals surface area contributed by atoms with Crippen molar-refractivity contribution in [2.24, 2.45) is 0 Å². The number of benzene rings is 1. The topological polar surface area (TPSA) is 81.8 Å². The zero-order valence-electron chi connectivity index (χ0n) is 10.0. The van der Waals surface area contributed by atoms with Gasteiger partial charge >= 0.3 is 5.69 Å². The maximum absolute atomic E-state index is 11.2. The van der Waals surface area contributed by atoms with Gasteiger partial charge in [-0.25, -0.2) is 9.97 Å². The van der Waals surface area contributed by atoms with Gasteiger partial charge in [-0.2, -0.15) is 0 Å². The highest BCUT2D eigenvalue weighted by molar-refractivity contribution is 6.32. The number of rotatable bonds is 2. The Morgan fingerprint density at radius 2 is 1.95 bits per heavy atom. The number of hydrogen-bond acceptors (Lipinski definition) is 5. The van der Waals surface area contributed by atoms with Crippen LogP contribution in [0, 0.1) is 10.1 Å². The molecule has 3 rings (SSSR count). The van der Waals surface area contributed by atoms with Crippen molar-refractivity contribution < 1.29 is 4.92 Å². The van der Waals surface area contributed by atoms with Crippen LogP contribution in [0.25, 0.3) is 22.0 Å². The van der Waals surface area contributed by atoms with E-state index in [1.165, 1.54) is 12.5 Å². The molecule has 0 fully saturated rings. The van der Waals surface area contributed by atoms with E-state index in [1.54, 1.807) is 6.20 Å². The first-order valence-corrected chi connectivity index (χ1v) is 6.04. The third kappa shape index (κ3) is 1.96. The summed E-state index contributed by atoms with van der Waals surface area (Å²) in [5.41, 5.74) is 0.408. The van der Waals surface area contributed by atoms with Crippen molar-refractivity contribution in [1.29, 1.82) is 0 Å². The summed E-state index contributed by atoms with van der Waals surface area (Å²) in [4.78, 5) is 22.3. The Kier molecular flexibility index (Phi) is 3.00. The summed E-state index contributed by atoms with van der Waals surface area (Å²) in [6, 6.07) is 7.45. The average Bonchev–Trinajstić information content (AvgIpc) is 2.46. The fraction of sp³-hybridized carbons (Fsp3) is 0. The molecule has 0 bridgehead atoms. The van der Waals surface area contributed by atoms with Gasteiger partial charge in [0, 0.05) is 23.3 Å². The molecule has 0 aliphatic heterocycles. The number of aromatic nitrogens is 3. The maximum Gasteiger partial charge on any atom is 0.332 e. The number of nitrogens with zero attached hydrogens (tertiary/aromatic N) is 4. The molecular weight excluding hydrogens is 280 g/mol. The zero-order chi connectivity index (χ0) is 14.1. The monoisotopic (exact) mass is 286 g/mol. The predicted molar refractivity (Wildman–Crippen MR) is 74.4 cm³/mol. The number of hydrogen-bond donors (Lipinski definition) is 0.